The second kappa shape index (κ2) is 6.84. The van der Waals surface area contributed by atoms with Crippen molar-refractivity contribution in [1.82, 2.24) is 9.55 Å². The monoisotopic (exact) mass is 450 g/mol. The fourth-order valence-electron chi connectivity index (χ4n) is 5.25. The van der Waals surface area contributed by atoms with E-state index in [0.717, 1.165) is 44.3 Å². The molecule has 4 heteroatoms. The summed E-state index contributed by atoms with van der Waals surface area (Å²) in [5, 5.41) is 4.60. The Balaban J connectivity index is 1.32. The lowest BCUT2D eigenvalue weighted by molar-refractivity contribution is 0.620. The molecule has 3 heterocycles. The Kier molecular flexibility index (Phi) is 3.63. The average Bonchev–Trinajstić information content (AvgIpc) is 3.58. The molecule has 5 aromatic carbocycles. The van der Waals surface area contributed by atoms with Crippen molar-refractivity contribution in [2.75, 3.05) is 0 Å². The number of hydrogen-bond acceptors (Lipinski definition) is 3. The number of furan rings is 1. The molecule has 0 aliphatic rings. The highest BCUT2D eigenvalue weighted by atomic mass is 16.4. The second-order valence-electron chi connectivity index (χ2n) is 8.85. The molecule has 0 amide bonds. The summed E-state index contributed by atoms with van der Waals surface area (Å²) in [4.78, 5) is 4.81. The molecule has 0 unspecified atom stereocenters. The highest BCUT2D eigenvalue weighted by Crippen LogP contribution is 2.36. The molecule has 35 heavy (non-hydrogen) atoms. The highest BCUT2D eigenvalue weighted by Gasteiger charge is 2.16. The van der Waals surface area contributed by atoms with E-state index in [1.165, 1.54) is 21.8 Å². The first-order chi connectivity index (χ1) is 17.3. The SMILES string of the molecule is c1cc(-c2nc3cc4oc5ccccc5c4cc3o2)cc(-n2c3ccccc3c3ccccc32)c1. The summed E-state index contributed by atoms with van der Waals surface area (Å²) in [6.45, 7) is 0. The van der Waals surface area contributed by atoms with Gasteiger partial charge in [0.1, 0.15) is 16.7 Å². The van der Waals surface area contributed by atoms with Crippen LogP contribution in [0.15, 0.2) is 118 Å². The van der Waals surface area contributed by atoms with E-state index in [4.69, 9.17) is 13.8 Å². The van der Waals surface area contributed by atoms with Crippen LogP contribution in [0.4, 0.5) is 0 Å². The summed E-state index contributed by atoms with van der Waals surface area (Å²) >= 11 is 0. The summed E-state index contributed by atoms with van der Waals surface area (Å²) in [7, 11) is 0. The van der Waals surface area contributed by atoms with E-state index in [2.05, 4.69) is 77.4 Å². The number of benzene rings is 5. The Morgan fingerprint density at radius 3 is 2.03 bits per heavy atom. The molecule has 0 aliphatic carbocycles. The molecule has 0 atom stereocenters. The fourth-order valence-corrected chi connectivity index (χ4v) is 5.25. The summed E-state index contributed by atoms with van der Waals surface area (Å²) in [5.74, 6) is 0.597. The first-order valence-corrected chi connectivity index (χ1v) is 11.6. The molecule has 0 saturated carbocycles. The minimum absolute atomic E-state index is 0.597. The van der Waals surface area contributed by atoms with Crippen LogP contribution in [0, 0.1) is 0 Å². The predicted molar refractivity (Wildman–Crippen MR) is 141 cm³/mol. The number of rotatable bonds is 2. The first kappa shape index (κ1) is 18.6. The number of hydrogen-bond donors (Lipinski definition) is 0. The van der Waals surface area contributed by atoms with Gasteiger partial charge in [0.15, 0.2) is 5.58 Å². The van der Waals surface area contributed by atoms with E-state index in [0.29, 0.717) is 5.89 Å². The van der Waals surface area contributed by atoms with Gasteiger partial charge in [-0.05, 0) is 42.5 Å². The van der Waals surface area contributed by atoms with Crippen LogP contribution in [-0.2, 0) is 0 Å². The van der Waals surface area contributed by atoms with E-state index in [1.54, 1.807) is 0 Å². The molecule has 0 N–H and O–H groups in total. The fraction of sp³-hybridized carbons (Fsp3) is 0. The van der Waals surface area contributed by atoms with Gasteiger partial charge in [0.2, 0.25) is 5.89 Å². The second-order valence-corrected chi connectivity index (χ2v) is 8.85. The maximum atomic E-state index is 6.27. The minimum Gasteiger partial charge on any atom is -0.456 e. The van der Waals surface area contributed by atoms with Crippen LogP contribution in [0.2, 0.25) is 0 Å². The van der Waals surface area contributed by atoms with Gasteiger partial charge in [0.25, 0.3) is 0 Å². The largest absolute Gasteiger partial charge is 0.456 e. The zero-order valence-corrected chi connectivity index (χ0v) is 18.6. The molecule has 0 spiro atoms. The number of oxazole rings is 1. The summed E-state index contributed by atoms with van der Waals surface area (Å²) in [6.07, 6.45) is 0. The quantitative estimate of drug-likeness (QED) is 0.265. The van der Waals surface area contributed by atoms with Gasteiger partial charge in [0.05, 0.1) is 11.0 Å². The molecule has 164 valence electrons. The van der Waals surface area contributed by atoms with Crippen molar-refractivity contribution in [3.05, 3.63) is 109 Å². The van der Waals surface area contributed by atoms with Crippen molar-refractivity contribution in [3.63, 3.8) is 0 Å². The number of nitrogens with zero attached hydrogens (tertiary/aromatic N) is 2. The smallest absolute Gasteiger partial charge is 0.227 e. The van der Waals surface area contributed by atoms with Gasteiger partial charge in [0, 0.05) is 38.9 Å². The maximum Gasteiger partial charge on any atom is 0.227 e. The Morgan fingerprint density at radius 1 is 0.514 bits per heavy atom. The molecule has 0 aliphatic heterocycles. The Labute approximate surface area is 199 Å². The Hall–Kier alpha value is -4.83. The lowest BCUT2D eigenvalue weighted by Crippen LogP contribution is -1.94. The molecule has 4 nitrogen and oxygen atoms in total. The van der Waals surface area contributed by atoms with Gasteiger partial charge >= 0.3 is 0 Å². The van der Waals surface area contributed by atoms with E-state index < -0.39 is 0 Å². The average molecular weight is 450 g/mol. The van der Waals surface area contributed by atoms with Gasteiger partial charge in [-0.3, -0.25) is 0 Å². The van der Waals surface area contributed by atoms with Crippen LogP contribution in [-0.4, -0.2) is 9.55 Å². The summed E-state index contributed by atoms with van der Waals surface area (Å²) in [6, 6.07) is 37.5. The minimum atomic E-state index is 0.597. The molecular weight excluding hydrogens is 432 g/mol. The predicted octanol–water partition coefficient (Wildman–Crippen LogP) is 8.49. The number of aromatic nitrogens is 2. The van der Waals surface area contributed by atoms with Gasteiger partial charge in [-0.25, -0.2) is 4.98 Å². The normalized spacial score (nSPS) is 12.0. The molecule has 0 fully saturated rings. The van der Waals surface area contributed by atoms with Crippen molar-refractivity contribution >= 4 is 54.8 Å². The van der Waals surface area contributed by atoms with E-state index >= 15 is 0 Å². The van der Waals surface area contributed by atoms with Crippen molar-refractivity contribution in [2.24, 2.45) is 0 Å². The lowest BCUT2D eigenvalue weighted by Gasteiger charge is -2.08. The van der Waals surface area contributed by atoms with Crippen molar-refractivity contribution in [2.45, 2.75) is 0 Å². The Bertz CT molecular complexity index is 2020. The molecule has 0 saturated heterocycles. The zero-order valence-electron chi connectivity index (χ0n) is 18.6. The zero-order chi connectivity index (χ0) is 22.9. The lowest BCUT2D eigenvalue weighted by atomic mass is 10.1. The standard InChI is InChI=1S/C31H18N2O2/c1-4-13-26-21(10-1)22-11-2-5-14-27(22)33(26)20-9-7-8-19(16-20)31-32-25-18-29-24(17-30(25)35-31)23-12-3-6-15-28(23)34-29/h1-18H. The van der Waals surface area contributed by atoms with Gasteiger partial charge in [-0.1, -0.05) is 60.7 Å². The van der Waals surface area contributed by atoms with E-state index in [-0.39, 0.29) is 0 Å². The van der Waals surface area contributed by atoms with E-state index in [1.807, 2.05) is 36.4 Å². The van der Waals surface area contributed by atoms with Crippen LogP contribution in [0.25, 0.3) is 72.0 Å². The third-order valence-electron chi connectivity index (χ3n) is 6.82. The van der Waals surface area contributed by atoms with Gasteiger partial charge in [-0.15, -0.1) is 0 Å². The van der Waals surface area contributed by atoms with Gasteiger partial charge < -0.3 is 13.4 Å². The number of para-hydroxylation sites is 3. The molecular formula is C31H18N2O2. The van der Waals surface area contributed by atoms with Crippen molar-refractivity contribution < 1.29 is 8.83 Å². The summed E-state index contributed by atoms with van der Waals surface area (Å²) < 4.78 is 14.6. The maximum absolute atomic E-state index is 6.27. The topological polar surface area (TPSA) is 44.1 Å². The van der Waals surface area contributed by atoms with Crippen LogP contribution in [0.3, 0.4) is 0 Å². The first-order valence-electron chi connectivity index (χ1n) is 11.6. The Morgan fingerprint density at radius 2 is 1.23 bits per heavy atom. The molecule has 0 bridgehead atoms. The molecule has 0 radical (unpaired) electrons. The molecule has 3 aromatic heterocycles. The van der Waals surface area contributed by atoms with E-state index in [9.17, 15) is 0 Å². The number of fused-ring (bicyclic) bond motifs is 7. The summed E-state index contributed by atoms with van der Waals surface area (Å²) in [5.41, 5.74) is 7.58. The molecule has 8 aromatic rings. The van der Waals surface area contributed by atoms with Gasteiger partial charge in [-0.2, -0.15) is 0 Å². The van der Waals surface area contributed by atoms with Crippen LogP contribution in [0.1, 0.15) is 0 Å². The highest BCUT2D eigenvalue weighted by molar-refractivity contribution is 6.10. The van der Waals surface area contributed by atoms with Crippen LogP contribution in [0.5, 0.6) is 0 Å². The molecule has 8 rings (SSSR count). The third-order valence-corrected chi connectivity index (χ3v) is 6.82. The van der Waals surface area contributed by atoms with Crippen molar-refractivity contribution in [1.29, 1.82) is 0 Å². The van der Waals surface area contributed by atoms with Crippen LogP contribution >= 0.6 is 0 Å². The van der Waals surface area contributed by atoms with Crippen LogP contribution < -0.4 is 0 Å². The third kappa shape index (κ3) is 2.65. The van der Waals surface area contributed by atoms with Crippen molar-refractivity contribution in [3.8, 4) is 17.1 Å².